The monoisotopic (exact) mass is 322 g/mol. The van der Waals surface area contributed by atoms with Gasteiger partial charge in [0.15, 0.2) is 0 Å². The Morgan fingerprint density at radius 3 is 1.05 bits per heavy atom. The molecule has 0 saturated carbocycles. The molecule has 1 atom stereocenters. The van der Waals surface area contributed by atoms with Crippen LogP contribution in [0, 0.1) is 0 Å². The van der Waals surface area contributed by atoms with E-state index in [0.29, 0.717) is 0 Å². The van der Waals surface area contributed by atoms with Gasteiger partial charge in [0.2, 0.25) is 0 Å². The SMILES string of the molecule is CCCCCCCCCCCCCCP.C[PH](C)(C)C. The molecule has 0 N–H and O–H groups in total. The first-order valence-electron chi connectivity index (χ1n) is 9.12. The van der Waals surface area contributed by atoms with Gasteiger partial charge in [0.1, 0.15) is 0 Å². The molecule has 0 nitrogen and oxygen atoms in total. The van der Waals surface area contributed by atoms with Crippen molar-refractivity contribution in [1.82, 2.24) is 0 Å². The molecule has 0 rings (SSSR count). The van der Waals surface area contributed by atoms with Crippen LogP contribution >= 0.6 is 16.5 Å². The molecule has 0 aromatic rings. The van der Waals surface area contributed by atoms with Gasteiger partial charge in [-0.1, -0.05) is 77.6 Å². The zero-order valence-electron chi connectivity index (χ0n) is 15.3. The van der Waals surface area contributed by atoms with Crippen molar-refractivity contribution in [1.29, 1.82) is 0 Å². The van der Waals surface area contributed by atoms with E-state index in [1.165, 1.54) is 83.2 Å². The van der Waals surface area contributed by atoms with Gasteiger partial charge in [-0.3, -0.25) is 0 Å². The predicted molar refractivity (Wildman–Crippen MR) is 108 cm³/mol. The quantitative estimate of drug-likeness (QED) is 0.273. The molecule has 0 bridgehead atoms. The van der Waals surface area contributed by atoms with Gasteiger partial charge in [-0.15, -0.1) is 9.24 Å². The van der Waals surface area contributed by atoms with Crippen LogP contribution < -0.4 is 0 Å². The molecule has 1 unspecified atom stereocenters. The second kappa shape index (κ2) is 17.9. The van der Waals surface area contributed by atoms with Gasteiger partial charge >= 0.3 is 33.9 Å². The van der Waals surface area contributed by atoms with Crippen molar-refractivity contribution in [3.63, 3.8) is 0 Å². The molecule has 0 heterocycles. The average molecular weight is 322 g/mol. The minimum absolute atomic E-state index is 0.611. The molecule has 0 aromatic heterocycles. The van der Waals surface area contributed by atoms with Crippen molar-refractivity contribution in [2.24, 2.45) is 0 Å². The molecular formula is C18H44P2. The molecular weight excluding hydrogens is 278 g/mol. The summed E-state index contributed by atoms with van der Waals surface area (Å²) in [5.41, 5.74) is 0. The van der Waals surface area contributed by atoms with E-state index < -0.39 is 7.26 Å². The molecule has 0 aliphatic carbocycles. The zero-order valence-corrected chi connectivity index (χ0v) is 17.4. The first-order valence-corrected chi connectivity index (χ1v) is 13.9. The third kappa shape index (κ3) is 36.4. The minimum atomic E-state index is -0.611. The van der Waals surface area contributed by atoms with Gasteiger partial charge in [0.25, 0.3) is 0 Å². The molecule has 0 aliphatic heterocycles. The second-order valence-corrected chi connectivity index (χ2v) is 14.3. The van der Waals surface area contributed by atoms with Gasteiger partial charge in [0.05, 0.1) is 0 Å². The van der Waals surface area contributed by atoms with Crippen molar-refractivity contribution in [2.75, 3.05) is 32.8 Å². The van der Waals surface area contributed by atoms with Crippen LogP contribution in [0.25, 0.3) is 0 Å². The molecule has 0 fully saturated rings. The van der Waals surface area contributed by atoms with Gasteiger partial charge in [-0.05, 0) is 12.6 Å². The maximum atomic E-state index is 2.81. The van der Waals surface area contributed by atoms with Gasteiger partial charge in [-0.25, -0.2) is 0 Å². The molecule has 0 aromatic carbocycles. The Morgan fingerprint density at radius 1 is 0.550 bits per heavy atom. The van der Waals surface area contributed by atoms with E-state index in [1.807, 2.05) is 0 Å². The van der Waals surface area contributed by atoms with E-state index in [0.717, 1.165) is 0 Å². The van der Waals surface area contributed by atoms with Crippen molar-refractivity contribution in [3.8, 4) is 0 Å². The first-order chi connectivity index (χ1) is 9.41. The summed E-state index contributed by atoms with van der Waals surface area (Å²) in [5.74, 6) is 0. The van der Waals surface area contributed by atoms with Gasteiger partial charge < -0.3 is 0 Å². The molecule has 0 amide bonds. The molecule has 2 heteroatoms. The molecule has 0 spiro atoms. The molecule has 126 valence electrons. The van der Waals surface area contributed by atoms with E-state index >= 15 is 0 Å². The predicted octanol–water partition coefficient (Wildman–Crippen LogP) is 6.82. The fourth-order valence-electron chi connectivity index (χ4n) is 1.99. The van der Waals surface area contributed by atoms with Crippen molar-refractivity contribution < 1.29 is 0 Å². The fraction of sp³-hybridized carbons (Fsp3) is 1.00. The summed E-state index contributed by atoms with van der Waals surface area (Å²) in [6, 6.07) is 0. The molecule has 0 radical (unpaired) electrons. The van der Waals surface area contributed by atoms with Crippen molar-refractivity contribution in [3.05, 3.63) is 0 Å². The van der Waals surface area contributed by atoms with Crippen LogP contribution in [0.4, 0.5) is 0 Å². The second-order valence-electron chi connectivity index (χ2n) is 7.68. The summed E-state index contributed by atoms with van der Waals surface area (Å²) in [4.78, 5) is 0. The third-order valence-electron chi connectivity index (χ3n) is 3.06. The molecule has 0 aliphatic rings. The van der Waals surface area contributed by atoms with Crippen LogP contribution in [0.1, 0.15) is 84.0 Å². The summed E-state index contributed by atoms with van der Waals surface area (Å²) >= 11 is 0. The summed E-state index contributed by atoms with van der Waals surface area (Å²) in [6.07, 6.45) is 18.7. The number of unbranched alkanes of at least 4 members (excludes halogenated alkanes) is 11. The van der Waals surface area contributed by atoms with Gasteiger partial charge in [0, 0.05) is 0 Å². The number of rotatable bonds is 12. The zero-order chi connectivity index (χ0) is 15.7. The van der Waals surface area contributed by atoms with Crippen LogP contribution in [0.3, 0.4) is 0 Å². The topological polar surface area (TPSA) is 0 Å². The number of hydrogen-bond donors (Lipinski definition) is 0. The van der Waals surface area contributed by atoms with Crippen molar-refractivity contribution in [2.45, 2.75) is 84.0 Å². The third-order valence-corrected chi connectivity index (χ3v) is 3.47. The Kier molecular flexibility index (Phi) is 20.7. The van der Waals surface area contributed by atoms with Crippen LogP contribution in [-0.2, 0) is 0 Å². The summed E-state index contributed by atoms with van der Waals surface area (Å²) in [5, 5.41) is 0. The standard InChI is InChI=1S/C14H31P.C4H13P/c1-2-3-4-5-6-7-8-9-10-11-12-13-14-15;1-5(2,3)4/h2-15H2,1H3;5H,1-4H3. The van der Waals surface area contributed by atoms with E-state index in [4.69, 9.17) is 0 Å². The van der Waals surface area contributed by atoms with Crippen LogP contribution in [0.15, 0.2) is 0 Å². The van der Waals surface area contributed by atoms with Crippen LogP contribution in [0.5, 0.6) is 0 Å². The van der Waals surface area contributed by atoms with Gasteiger partial charge in [-0.2, -0.15) is 0 Å². The number of hydrogen-bond acceptors (Lipinski definition) is 0. The average Bonchev–Trinajstić information content (AvgIpc) is 2.34. The summed E-state index contributed by atoms with van der Waals surface area (Å²) in [7, 11) is 2.20. The summed E-state index contributed by atoms with van der Waals surface area (Å²) < 4.78 is 0. The first kappa shape index (κ1) is 23.1. The Balaban J connectivity index is 0. The van der Waals surface area contributed by atoms with E-state index in [-0.39, 0.29) is 0 Å². The Hall–Kier alpha value is 0.860. The fourth-order valence-corrected chi connectivity index (χ4v) is 2.27. The molecule has 20 heavy (non-hydrogen) atoms. The summed E-state index contributed by atoms with van der Waals surface area (Å²) in [6.45, 7) is 11.6. The Bertz CT molecular complexity index is 143. The van der Waals surface area contributed by atoms with E-state index in [2.05, 4.69) is 42.8 Å². The van der Waals surface area contributed by atoms with Crippen LogP contribution in [-0.4, -0.2) is 32.8 Å². The van der Waals surface area contributed by atoms with E-state index in [1.54, 1.807) is 0 Å². The normalized spacial score (nSPS) is 11.9. The molecule has 0 saturated heterocycles. The van der Waals surface area contributed by atoms with E-state index in [9.17, 15) is 0 Å². The van der Waals surface area contributed by atoms with Crippen molar-refractivity contribution >= 4 is 16.5 Å². The Morgan fingerprint density at radius 2 is 0.800 bits per heavy atom. The Labute approximate surface area is 133 Å². The van der Waals surface area contributed by atoms with Crippen LogP contribution in [0.2, 0.25) is 0 Å². The maximum absolute atomic E-state index is 2.81.